The molecule has 0 bridgehead atoms. The highest BCUT2D eigenvalue weighted by Gasteiger charge is 2.29. The molecule has 0 atom stereocenters. The van der Waals surface area contributed by atoms with Crippen molar-refractivity contribution in [1.29, 1.82) is 0 Å². The zero-order valence-corrected chi connectivity index (χ0v) is 17.3. The second-order valence-corrected chi connectivity index (χ2v) is 8.17. The van der Waals surface area contributed by atoms with E-state index in [4.69, 9.17) is 9.72 Å². The van der Waals surface area contributed by atoms with Gasteiger partial charge in [-0.05, 0) is 51.0 Å². The summed E-state index contributed by atoms with van der Waals surface area (Å²) in [6.07, 6.45) is 3.21. The normalized spacial score (nSPS) is 16.3. The second kappa shape index (κ2) is 7.33. The molecule has 1 aliphatic carbocycles. The first-order valence-electron chi connectivity index (χ1n) is 10.4. The molecule has 1 saturated carbocycles. The molecule has 5 rings (SSSR count). The molecule has 9 heteroatoms. The van der Waals surface area contributed by atoms with E-state index in [0.29, 0.717) is 34.7 Å². The van der Waals surface area contributed by atoms with E-state index >= 15 is 0 Å². The van der Waals surface area contributed by atoms with Gasteiger partial charge in [-0.1, -0.05) is 0 Å². The van der Waals surface area contributed by atoms with Gasteiger partial charge in [0.05, 0.1) is 29.4 Å². The van der Waals surface area contributed by atoms with Crippen molar-refractivity contribution in [3.63, 3.8) is 0 Å². The van der Waals surface area contributed by atoms with Gasteiger partial charge in [0.15, 0.2) is 5.65 Å². The molecule has 1 aliphatic heterocycles. The number of halogens is 1. The predicted octanol–water partition coefficient (Wildman–Crippen LogP) is 4.24. The quantitative estimate of drug-likeness (QED) is 0.663. The standard InChI is InChI=1S/C22H22FN5O3/c1-12(2)28-20-16(11-24-28)15(10-18(25-20)13-3-4-13)21(29)26-19-9-14(5-6-17(19)23)27-7-8-31-22(27)30/h5-6,9-13H,3-4,7-8H2,1-2H3,(H,26,29). The largest absolute Gasteiger partial charge is 0.447 e. The van der Waals surface area contributed by atoms with Crippen LogP contribution in [0.2, 0.25) is 0 Å². The van der Waals surface area contributed by atoms with Gasteiger partial charge >= 0.3 is 6.09 Å². The van der Waals surface area contributed by atoms with Crippen LogP contribution in [0.25, 0.3) is 11.0 Å². The molecule has 2 aliphatic rings. The van der Waals surface area contributed by atoms with E-state index in [2.05, 4.69) is 10.4 Å². The van der Waals surface area contributed by atoms with Crippen LogP contribution in [0.1, 0.15) is 54.7 Å². The van der Waals surface area contributed by atoms with Crippen LogP contribution in [0.3, 0.4) is 0 Å². The Morgan fingerprint density at radius 1 is 1.29 bits per heavy atom. The molecule has 2 amide bonds. The average Bonchev–Trinajstić information content (AvgIpc) is 3.36. The lowest BCUT2D eigenvalue weighted by Crippen LogP contribution is -2.23. The molecule has 0 spiro atoms. The molecule has 0 unspecified atom stereocenters. The van der Waals surface area contributed by atoms with Gasteiger partial charge in [0.1, 0.15) is 12.4 Å². The molecular weight excluding hydrogens is 401 g/mol. The van der Waals surface area contributed by atoms with Gasteiger partial charge in [0, 0.05) is 23.3 Å². The number of carbonyl (C=O) groups excluding carboxylic acids is 2. The summed E-state index contributed by atoms with van der Waals surface area (Å²) in [4.78, 5) is 31.2. The fourth-order valence-electron chi connectivity index (χ4n) is 3.79. The Morgan fingerprint density at radius 3 is 2.77 bits per heavy atom. The lowest BCUT2D eigenvalue weighted by molar-refractivity contribution is 0.102. The van der Waals surface area contributed by atoms with Gasteiger partial charge in [-0.2, -0.15) is 5.10 Å². The number of ether oxygens (including phenoxy) is 1. The van der Waals surface area contributed by atoms with Crippen molar-refractivity contribution in [3.8, 4) is 0 Å². The number of aromatic nitrogens is 3. The van der Waals surface area contributed by atoms with Crippen LogP contribution in [0.4, 0.5) is 20.6 Å². The SMILES string of the molecule is CC(C)n1ncc2c(C(=O)Nc3cc(N4CCOC4=O)ccc3F)cc(C3CC3)nc21. The number of benzene rings is 1. The Balaban J connectivity index is 1.51. The van der Waals surface area contributed by atoms with Crippen molar-refractivity contribution in [2.45, 2.75) is 38.6 Å². The third-order valence-electron chi connectivity index (χ3n) is 5.59. The van der Waals surface area contributed by atoms with Crippen LogP contribution in [-0.2, 0) is 4.74 Å². The number of hydrogen-bond acceptors (Lipinski definition) is 5. The van der Waals surface area contributed by atoms with E-state index in [1.54, 1.807) is 16.9 Å². The molecule has 3 heterocycles. The zero-order valence-electron chi connectivity index (χ0n) is 17.3. The van der Waals surface area contributed by atoms with Gasteiger partial charge < -0.3 is 10.1 Å². The molecular formula is C22H22FN5O3. The minimum Gasteiger partial charge on any atom is -0.447 e. The minimum absolute atomic E-state index is 0.00335. The van der Waals surface area contributed by atoms with Crippen LogP contribution in [0.5, 0.6) is 0 Å². The number of amides is 2. The third kappa shape index (κ3) is 3.49. The van der Waals surface area contributed by atoms with Crippen molar-refractivity contribution in [1.82, 2.24) is 14.8 Å². The van der Waals surface area contributed by atoms with E-state index in [-0.39, 0.29) is 18.3 Å². The maximum atomic E-state index is 14.5. The number of nitrogens with one attached hydrogen (secondary N) is 1. The molecule has 2 aromatic heterocycles. The maximum absolute atomic E-state index is 14.5. The predicted molar refractivity (Wildman–Crippen MR) is 113 cm³/mol. The van der Waals surface area contributed by atoms with Crippen molar-refractivity contribution < 1.29 is 18.7 Å². The molecule has 0 radical (unpaired) electrons. The molecule has 1 saturated heterocycles. The molecule has 1 N–H and O–H groups in total. The highest BCUT2D eigenvalue weighted by molar-refractivity contribution is 6.12. The van der Waals surface area contributed by atoms with Crippen molar-refractivity contribution in [2.75, 3.05) is 23.4 Å². The number of cyclic esters (lactones) is 1. The second-order valence-electron chi connectivity index (χ2n) is 8.17. The summed E-state index contributed by atoms with van der Waals surface area (Å²) in [5.74, 6) is -0.694. The number of anilines is 2. The van der Waals surface area contributed by atoms with Crippen LogP contribution in [0.15, 0.2) is 30.5 Å². The third-order valence-corrected chi connectivity index (χ3v) is 5.59. The van der Waals surface area contributed by atoms with E-state index in [1.165, 1.54) is 23.1 Å². The van der Waals surface area contributed by atoms with E-state index in [1.807, 2.05) is 13.8 Å². The van der Waals surface area contributed by atoms with Crippen molar-refractivity contribution in [2.24, 2.45) is 0 Å². The lowest BCUT2D eigenvalue weighted by Gasteiger charge is -2.15. The van der Waals surface area contributed by atoms with Crippen LogP contribution < -0.4 is 10.2 Å². The number of hydrogen-bond donors (Lipinski definition) is 1. The summed E-state index contributed by atoms with van der Waals surface area (Å²) in [5.41, 5.74) is 2.37. The Labute approximate surface area is 178 Å². The topological polar surface area (TPSA) is 89.4 Å². The highest BCUT2D eigenvalue weighted by atomic mass is 19.1. The van der Waals surface area contributed by atoms with Gasteiger partial charge in [0.25, 0.3) is 5.91 Å². The number of fused-ring (bicyclic) bond motifs is 1. The number of carbonyl (C=O) groups is 2. The number of pyridine rings is 1. The molecule has 8 nitrogen and oxygen atoms in total. The van der Waals surface area contributed by atoms with Gasteiger partial charge in [0.2, 0.25) is 0 Å². The molecule has 3 aromatic rings. The Kier molecular flexibility index (Phi) is 4.60. The molecule has 2 fully saturated rings. The van der Waals surface area contributed by atoms with Crippen molar-refractivity contribution in [3.05, 3.63) is 47.5 Å². The first kappa shape index (κ1) is 19.5. The Morgan fingerprint density at radius 2 is 2.10 bits per heavy atom. The zero-order chi connectivity index (χ0) is 21.7. The molecule has 160 valence electrons. The van der Waals surface area contributed by atoms with Gasteiger partial charge in [-0.15, -0.1) is 0 Å². The fourth-order valence-corrected chi connectivity index (χ4v) is 3.79. The molecule has 31 heavy (non-hydrogen) atoms. The maximum Gasteiger partial charge on any atom is 0.414 e. The summed E-state index contributed by atoms with van der Waals surface area (Å²) in [7, 11) is 0. The number of nitrogens with zero attached hydrogens (tertiary/aromatic N) is 4. The van der Waals surface area contributed by atoms with E-state index < -0.39 is 17.8 Å². The van der Waals surface area contributed by atoms with Crippen molar-refractivity contribution >= 4 is 34.4 Å². The number of rotatable bonds is 5. The summed E-state index contributed by atoms with van der Waals surface area (Å²) in [6, 6.07) is 6.02. The molecule has 1 aromatic carbocycles. The van der Waals surface area contributed by atoms with Crippen LogP contribution in [0, 0.1) is 5.82 Å². The Hall–Kier alpha value is -3.49. The average molecular weight is 423 g/mol. The summed E-state index contributed by atoms with van der Waals surface area (Å²) >= 11 is 0. The van der Waals surface area contributed by atoms with Crippen LogP contribution >= 0.6 is 0 Å². The van der Waals surface area contributed by atoms with Gasteiger partial charge in [-0.25, -0.2) is 18.9 Å². The first-order chi connectivity index (χ1) is 14.9. The minimum atomic E-state index is -0.588. The summed E-state index contributed by atoms with van der Waals surface area (Å²) in [5, 5.41) is 7.69. The summed E-state index contributed by atoms with van der Waals surface area (Å²) < 4.78 is 21.2. The Bertz CT molecular complexity index is 1200. The van der Waals surface area contributed by atoms with E-state index in [9.17, 15) is 14.0 Å². The van der Waals surface area contributed by atoms with E-state index in [0.717, 1.165) is 18.5 Å². The smallest absolute Gasteiger partial charge is 0.414 e. The summed E-state index contributed by atoms with van der Waals surface area (Å²) in [6.45, 7) is 4.66. The fraction of sp³-hybridized carbons (Fsp3) is 0.364. The van der Waals surface area contributed by atoms with Crippen LogP contribution in [-0.4, -0.2) is 39.9 Å². The first-order valence-corrected chi connectivity index (χ1v) is 10.4. The monoisotopic (exact) mass is 423 g/mol. The van der Waals surface area contributed by atoms with Gasteiger partial charge in [-0.3, -0.25) is 9.69 Å². The highest BCUT2D eigenvalue weighted by Crippen LogP contribution is 2.40. The lowest BCUT2D eigenvalue weighted by atomic mass is 10.1.